The Hall–Kier alpha value is -2.08. The van der Waals surface area contributed by atoms with Crippen molar-refractivity contribution in [3.63, 3.8) is 0 Å². The molecule has 0 saturated carbocycles. The molecule has 5 nitrogen and oxygen atoms in total. The number of pyridine rings is 1. The van der Waals surface area contributed by atoms with Crippen LogP contribution in [0.2, 0.25) is 0 Å². The van der Waals surface area contributed by atoms with Crippen LogP contribution in [0.25, 0.3) is 0 Å². The van der Waals surface area contributed by atoms with Crippen LogP contribution in [-0.2, 0) is 6.54 Å². The van der Waals surface area contributed by atoms with E-state index in [4.69, 9.17) is 9.47 Å². The summed E-state index contributed by atoms with van der Waals surface area (Å²) >= 11 is 3.24. The minimum atomic E-state index is -0.159. The third kappa shape index (κ3) is 3.95. The van der Waals surface area contributed by atoms with Gasteiger partial charge in [0.05, 0.1) is 14.2 Å². The second kappa shape index (κ2) is 7.08. The van der Waals surface area contributed by atoms with Crippen LogP contribution in [0.3, 0.4) is 0 Å². The lowest BCUT2D eigenvalue weighted by Gasteiger charge is -2.10. The van der Waals surface area contributed by atoms with E-state index in [1.807, 2.05) is 18.2 Å². The molecule has 0 spiro atoms. The zero-order chi connectivity index (χ0) is 15.2. The molecule has 1 aromatic carbocycles. The number of halogens is 1. The standard InChI is InChI=1S/C15H15BrN2O3/c1-20-12-4-3-10(7-13(12)21-2)9-18-15(19)11-5-6-17-14(16)8-11/h3-8H,9H2,1-2H3,(H,18,19). The van der Waals surface area contributed by atoms with Crippen LogP contribution in [-0.4, -0.2) is 25.1 Å². The summed E-state index contributed by atoms with van der Waals surface area (Å²) in [6, 6.07) is 8.85. The first-order valence-corrected chi connectivity index (χ1v) is 7.04. The first kappa shape index (κ1) is 15.3. The fourth-order valence-corrected chi connectivity index (χ4v) is 2.18. The van der Waals surface area contributed by atoms with Crippen molar-refractivity contribution in [1.29, 1.82) is 0 Å². The predicted octanol–water partition coefficient (Wildman–Crippen LogP) is 2.79. The van der Waals surface area contributed by atoms with Gasteiger partial charge < -0.3 is 14.8 Å². The Kier molecular flexibility index (Phi) is 5.16. The molecule has 1 aromatic heterocycles. The van der Waals surface area contributed by atoms with E-state index in [0.29, 0.717) is 28.2 Å². The first-order chi connectivity index (χ1) is 10.1. The molecule has 6 heteroatoms. The molecule has 1 heterocycles. The van der Waals surface area contributed by atoms with Crippen LogP contribution in [0.1, 0.15) is 15.9 Å². The van der Waals surface area contributed by atoms with Gasteiger partial charge in [0.25, 0.3) is 5.91 Å². The average Bonchev–Trinajstić information content (AvgIpc) is 2.52. The summed E-state index contributed by atoms with van der Waals surface area (Å²) in [6.45, 7) is 0.402. The Balaban J connectivity index is 2.04. The maximum atomic E-state index is 12.0. The summed E-state index contributed by atoms with van der Waals surface area (Å²) in [6.07, 6.45) is 1.58. The Bertz CT molecular complexity index is 647. The van der Waals surface area contributed by atoms with Gasteiger partial charge in [-0.3, -0.25) is 4.79 Å². The van der Waals surface area contributed by atoms with E-state index in [2.05, 4.69) is 26.2 Å². The van der Waals surface area contributed by atoms with Gasteiger partial charge in [0.1, 0.15) is 4.60 Å². The molecule has 0 aliphatic rings. The van der Waals surface area contributed by atoms with Gasteiger partial charge in [-0.15, -0.1) is 0 Å². The van der Waals surface area contributed by atoms with Gasteiger partial charge in [0.15, 0.2) is 11.5 Å². The smallest absolute Gasteiger partial charge is 0.251 e. The summed E-state index contributed by atoms with van der Waals surface area (Å²) in [5.74, 6) is 1.13. The molecular weight excluding hydrogens is 336 g/mol. The molecule has 1 N–H and O–H groups in total. The number of ether oxygens (including phenoxy) is 2. The summed E-state index contributed by atoms with van der Waals surface area (Å²) in [7, 11) is 3.16. The van der Waals surface area contributed by atoms with E-state index in [9.17, 15) is 4.79 Å². The lowest BCUT2D eigenvalue weighted by atomic mass is 10.2. The lowest BCUT2D eigenvalue weighted by molar-refractivity contribution is 0.0950. The number of carbonyl (C=O) groups excluding carboxylic acids is 1. The second-order valence-corrected chi connectivity index (χ2v) is 5.05. The van der Waals surface area contributed by atoms with Crippen LogP contribution in [0, 0.1) is 0 Å². The molecule has 21 heavy (non-hydrogen) atoms. The third-order valence-electron chi connectivity index (χ3n) is 2.89. The van der Waals surface area contributed by atoms with Gasteiger partial charge in [-0.1, -0.05) is 6.07 Å². The fraction of sp³-hybridized carbons (Fsp3) is 0.200. The number of nitrogens with one attached hydrogen (secondary N) is 1. The van der Waals surface area contributed by atoms with Gasteiger partial charge in [0.2, 0.25) is 0 Å². The first-order valence-electron chi connectivity index (χ1n) is 6.24. The molecule has 0 bridgehead atoms. The van der Waals surface area contributed by atoms with E-state index < -0.39 is 0 Å². The average molecular weight is 351 g/mol. The van der Waals surface area contributed by atoms with E-state index in [0.717, 1.165) is 5.56 Å². The summed E-state index contributed by atoms with van der Waals surface area (Å²) < 4.78 is 11.0. The van der Waals surface area contributed by atoms with Crippen LogP contribution < -0.4 is 14.8 Å². The number of carbonyl (C=O) groups is 1. The highest BCUT2D eigenvalue weighted by Gasteiger charge is 2.08. The Morgan fingerprint density at radius 2 is 1.95 bits per heavy atom. The molecule has 2 rings (SSSR count). The van der Waals surface area contributed by atoms with E-state index >= 15 is 0 Å². The number of hydrogen-bond acceptors (Lipinski definition) is 4. The van der Waals surface area contributed by atoms with E-state index in [-0.39, 0.29) is 5.91 Å². The SMILES string of the molecule is COc1ccc(CNC(=O)c2ccnc(Br)c2)cc1OC. The number of nitrogens with zero attached hydrogens (tertiary/aromatic N) is 1. The molecule has 0 aliphatic carbocycles. The molecule has 0 radical (unpaired) electrons. The zero-order valence-corrected chi connectivity index (χ0v) is 13.3. The minimum Gasteiger partial charge on any atom is -0.493 e. The number of methoxy groups -OCH3 is 2. The van der Waals surface area contributed by atoms with Gasteiger partial charge in [-0.05, 0) is 45.8 Å². The molecule has 0 saturated heterocycles. The number of benzene rings is 1. The van der Waals surface area contributed by atoms with Gasteiger partial charge in [-0.2, -0.15) is 0 Å². The van der Waals surface area contributed by atoms with Gasteiger partial charge >= 0.3 is 0 Å². The van der Waals surface area contributed by atoms with Crippen molar-refractivity contribution in [2.24, 2.45) is 0 Å². The van der Waals surface area contributed by atoms with Crippen molar-refractivity contribution in [3.8, 4) is 11.5 Å². The topological polar surface area (TPSA) is 60.5 Å². The molecule has 0 atom stereocenters. The summed E-state index contributed by atoms with van der Waals surface area (Å²) in [5, 5.41) is 2.85. The van der Waals surface area contributed by atoms with Crippen molar-refractivity contribution in [1.82, 2.24) is 10.3 Å². The molecule has 1 amide bonds. The molecule has 110 valence electrons. The third-order valence-corrected chi connectivity index (χ3v) is 3.32. The van der Waals surface area contributed by atoms with Crippen molar-refractivity contribution in [2.45, 2.75) is 6.54 Å². The van der Waals surface area contributed by atoms with E-state index in [1.54, 1.807) is 32.5 Å². The van der Waals surface area contributed by atoms with Crippen LogP contribution in [0.4, 0.5) is 0 Å². The van der Waals surface area contributed by atoms with E-state index in [1.165, 1.54) is 0 Å². The highest BCUT2D eigenvalue weighted by Crippen LogP contribution is 2.27. The Morgan fingerprint density at radius 3 is 2.62 bits per heavy atom. The van der Waals surface area contributed by atoms with Crippen LogP contribution in [0.5, 0.6) is 11.5 Å². The largest absolute Gasteiger partial charge is 0.493 e. The summed E-state index contributed by atoms with van der Waals surface area (Å²) in [4.78, 5) is 16.0. The quantitative estimate of drug-likeness (QED) is 0.842. The fourth-order valence-electron chi connectivity index (χ4n) is 1.82. The lowest BCUT2D eigenvalue weighted by Crippen LogP contribution is -2.22. The van der Waals surface area contributed by atoms with Gasteiger partial charge in [-0.25, -0.2) is 4.98 Å². The van der Waals surface area contributed by atoms with Gasteiger partial charge in [0, 0.05) is 18.3 Å². The van der Waals surface area contributed by atoms with Crippen LogP contribution >= 0.6 is 15.9 Å². The molecule has 0 unspecified atom stereocenters. The highest BCUT2D eigenvalue weighted by atomic mass is 79.9. The minimum absolute atomic E-state index is 0.159. The van der Waals surface area contributed by atoms with Crippen molar-refractivity contribution >= 4 is 21.8 Å². The number of amides is 1. The second-order valence-electron chi connectivity index (χ2n) is 4.24. The summed E-state index contributed by atoms with van der Waals surface area (Å²) in [5.41, 5.74) is 1.48. The molecule has 0 aliphatic heterocycles. The van der Waals surface area contributed by atoms with Crippen molar-refractivity contribution in [2.75, 3.05) is 14.2 Å². The Labute approximate surface area is 131 Å². The van der Waals surface area contributed by atoms with Crippen molar-refractivity contribution in [3.05, 3.63) is 52.3 Å². The zero-order valence-electron chi connectivity index (χ0n) is 11.7. The normalized spacial score (nSPS) is 10.0. The Morgan fingerprint density at radius 1 is 1.19 bits per heavy atom. The molecular formula is C15H15BrN2O3. The molecule has 2 aromatic rings. The van der Waals surface area contributed by atoms with Crippen LogP contribution in [0.15, 0.2) is 41.1 Å². The number of hydrogen-bond donors (Lipinski definition) is 1. The highest BCUT2D eigenvalue weighted by molar-refractivity contribution is 9.10. The number of aromatic nitrogens is 1. The predicted molar refractivity (Wildman–Crippen MR) is 82.7 cm³/mol. The maximum Gasteiger partial charge on any atom is 0.251 e. The molecule has 0 fully saturated rings. The number of rotatable bonds is 5. The maximum absolute atomic E-state index is 12.0. The van der Waals surface area contributed by atoms with Crippen molar-refractivity contribution < 1.29 is 14.3 Å². The monoisotopic (exact) mass is 350 g/mol.